The fraction of sp³-hybridized carbons (Fsp3) is 0.556. The molecule has 0 saturated carbocycles. The summed E-state index contributed by atoms with van der Waals surface area (Å²) in [6.07, 6.45) is 0.840. The number of hydrogen-bond acceptors (Lipinski definition) is 3. The van der Waals surface area contributed by atoms with Crippen molar-refractivity contribution in [3.63, 3.8) is 0 Å². The van der Waals surface area contributed by atoms with Gasteiger partial charge < -0.3 is 15.1 Å². The van der Waals surface area contributed by atoms with Crippen molar-refractivity contribution in [2.45, 2.75) is 27.2 Å². The van der Waals surface area contributed by atoms with Crippen molar-refractivity contribution in [2.75, 3.05) is 37.6 Å². The van der Waals surface area contributed by atoms with Crippen molar-refractivity contribution >= 4 is 17.5 Å². The average Bonchev–Trinajstić information content (AvgIpc) is 2.59. The molecule has 24 heavy (non-hydrogen) atoms. The Morgan fingerprint density at radius 1 is 1.12 bits per heavy atom. The Bertz CT molecular complexity index is 578. The molecule has 1 N–H and O–H groups in total. The minimum Gasteiger partial charge on any atom is -0.368 e. The van der Waals surface area contributed by atoms with E-state index in [1.807, 2.05) is 6.92 Å². The fourth-order valence-electron chi connectivity index (χ4n) is 2.77. The summed E-state index contributed by atoms with van der Waals surface area (Å²) in [5.74, 6) is -0.627. The molecule has 1 fully saturated rings. The Hall–Kier alpha value is -2.11. The van der Waals surface area contributed by atoms with Gasteiger partial charge in [0.15, 0.2) is 0 Å². The zero-order valence-electron chi connectivity index (χ0n) is 14.6. The van der Waals surface area contributed by atoms with E-state index in [9.17, 15) is 14.0 Å². The molecule has 1 saturated heterocycles. The molecule has 0 spiro atoms. The van der Waals surface area contributed by atoms with Gasteiger partial charge in [0.2, 0.25) is 11.8 Å². The van der Waals surface area contributed by atoms with E-state index in [1.54, 1.807) is 30.9 Å². The highest BCUT2D eigenvalue weighted by Gasteiger charge is 2.39. The van der Waals surface area contributed by atoms with E-state index in [0.29, 0.717) is 32.7 Å². The summed E-state index contributed by atoms with van der Waals surface area (Å²) in [6.45, 7) is 8.35. The third-order valence-electron chi connectivity index (χ3n) is 4.40. The average molecular weight is 335 g/mol. The van der Waals surface area contributed by atoms with Crippen LogP contribution in [-0.2, 0) is 9.59 Å². The lowest BCUT2D eigenvalue weighted by Crippen LogP contribution is -2.55. The first kappa shape index (κ1) is 18.2. The summed E-state index contributed by atoms with van der Waals surface area (Å²) in [7, 11) is 0. The first-order chi connectivity index (χ1) is 11.4. The third kappa shape index (κ3) is 4.04. The Morgan fingerprint density at radius 2 is 1.71 bits per heavy atom. The number of benzene rings is 1. The van der Waals surface area contributed by atoms with E-state index in [-0.39, 0.29) is 17.6 Å². The van der Waals surface area contributed by atoms with Gasteiger partial charge in [0.05, 0.1) is 0 Å². The Labute approximate surface area is 142 Å². The van der Waals surface area contributed by atoms with Crippen LogP contribution in [0, 0.1) is 11.2 Å². The number of hydrogen-bond donors (Lipinski definition) is 1. The van der Waals surface area contributed by atoms with E-state index in [4.69, 9.17) is 0 Å². The lowest BCUT2D eigenvalue weighted by atomic mass is 9.90. The van der Waals surface area contributed by atoms with Crippen molar-refractivity contribution in [1.29, 1.82) is 0 Å². The predicted octanol–water partition coefficient (Wildman–Crippen LogP) is 2.03. The summed E-state index contributed by atoms with van der Waals surface area (Å²) >= 11 is 0. The van der Waals surface area contributed by atoms with Gasteiger partial charge >= 0.3 is 0 Å². The van der Waals surface area contributed by atoms with Crippen LogP contribution in [0.4, 0.5) is 10.1 Å². The smallest absolute Gasteiger partial charge is 0.237 e. The fourth-order valence-corrected chi connectivity index (χ4v) is 2.77. The molecule has 0 aromatic heterocycles. The number of halogens is 1. The molecular weight excluding hydrogens is 309 g/mol. The van der Waals surface area contributed by atoms with Gasteiger partial charge in [-0.15, -0.1) is 0 Å². The zero-order valence-corrected chi connectivity index (χ0v) is 14.6. The van der Waals surface area contributed by atoms with E-state index < -0.39 is 5.41 Å². The topological polar surface area (TPSA) is 52.7 Å². The Balaban J connectivity index is 1.94. The van der Waals surface area contributed by atoms with Crippen LogP contribution in [0.3, 0.4) is 0 Å². The van der Waals surface area contributed by atoms with Crippen LogP contribution in [0.5, 0.6) is 0 Å². The van der Waals surface area contributed by atoms with E-state index in [1.165, 1.54) is 12.1 Å². The normalized spacial score (nSPS) is 15.3. The molecule has 1 aliphatic heterocycles. The minimum absolute atomic E-state index is 0.144. The summed E-state index contributed by atoms with van der Waals surface area (Å²) in [5, 5.41) is 2.80. The zero-order chi connectivity index (χ0) is 17.7. The van der Waals surface area contributed by atoms with Gasteiger partial charge in [-0.05, 0) is 44.5 Å². The maximum atomic E-state index is 13.0. The van der Waals surface area contributed by atoms with Crippen LogP contribution >= 0.6 is 0 Å². The minimum atomic E-state index is -1.06. The van der Waals surface area contributed by atoms with E-state index >= 15 is 0 Å². The number of nitrogens with one attached hydrogen (secondary N) is 1. The maximum absolute atomic E-state index is 13.0. The SMILES string of the molecule is CCCNC(=O)C(C)(C)C(=O)N1CCN(c2ccc(F)cc2)CC1. The molecule has 0 atom stereocenters. The van der Waals surface area contributed by atoms with Crippen LogP contribution < -0.4 is 10.2 Å². The molecular formula is C18H26FN3O2. The number of rotatable bonds is 5. The van der Waals surface area contributed by atoms with Crippen molar-refractivity contribution in [2.24, 2.45) is 5.41 Å². The standard InChI is InChI=1S/C18H26FN3O2/c1-4-9-20-16(23)18(2,3)17(24)22-12-10-21(11-13-22)15-7-5-14(19)6-8-15/h5-8H,4,9-13H2,1-3H3,(H,20,23). The van der Waals surface area contributed by atoms with E-state index in [2.05, 4.69) is 10.2 Å². The van der Waals surface area contributed by atoms with Crippen molar-refractivity contribution in [1.82, 2.24) is 10.2 Å². The Kier molecular flexibility index (Phi) is 5.80. The highest BCUT2D eigenvalue weighted by Crippen LogP contribution is 2.22. The second-order valence-corrected chi connectivity index (χ2v) is 6.64. The number of anilines is 1. The van der Waals surface area contributed by atoms with Crippen LogP contribution in [0.1, 0.15) is 27.2 Å². The Morgan fingerprint density at radius 3 is 2.25 bits per heavy atom. The molecule has 5 nitrogen and oxygen atoms in total. The second-order valence-electron chi connectivity index (χ2n) is 6.64. The summed E-state index contributed by atoms with van der Waals surface area (Å²) < 4.78 is 13.0. The lowest BCUT2D eigenvalue weighted by molar-refractivity contribution is -0.148. The molecule has 0 aliphatic carbocycles. The summed E-state index contributed by atoms with van der Waals surface area (Å²) in [5.41, 5.74) is -0.115. The maximum Gasteiger partial charge on any atom is 0.237 e. The molecule has 0 unspecified atom stereocenters. The second kappa shape index (κ2) is 7.64. The van der Waals surface area contributed by atoms with Crippen LogP contribution in [0.2, 0.25) is 0 Å². The summed E-state index contributed by atoms with van der Waals surface area (Å²) in [6, 6.07) is 6.37. The number of piperazine rings is 1. The molecule has 2 rings (SSSR count). The molecule has 1 aliphatic rings. The van der Waals surface area contributed by atoms with Crippen molar-refractivity contribution < 1.29 is 14.0 Å². The van der Waals surface area contributed by atoms with Gasteiger partial charge in [0.1, 0.15) is 11.2 Å². The number of carbonyl (C=O) groups excluding carboxylic acids is 2. The lowest BCUT2D eigenvalue weighted by Gasteiger charge is -2.39. The molecule has 2 amide bonds. The molecule has 1 aromatic rings. The summed E-state index contributed by atoms with van der Waals surface area (Å²) in [4.78, 5) is 28.8. The molecule has 0 bridgehead atoms. The number of carbonyl (C=O) groups is 2. The van der Waals surface area contributed by atoms with Gasteiger partial charge in [-0.2, -0.15) is 0 Å². The molecule has 132 valence electrons. The van der Waals surface area contributed by atoms with Crippen molar-refractivity contribution in [3.05, 3.63) is 30.1 Å². The van der Waals surface area contributed by atoms with Crippen LogP contribution in [0.25, 0.3) is 0 Å². The quantitative estimate of drug-likeness (QED) is 0.838. The molecule has 0 radical (unpaired) electrons. The first-order valence-electron chi connectivity index (χ1n) is 8.44. The largest absolute Gasteiger partial charge is 0.368 e. The van der Waals surface area contributed by atoms with Gasteiger partial charge in [-0.25, -0.2) is 4.39 Å². The van der Waals surface area contributed by atoms with Gasteiger partial charge in [0.25, 0.3) is 0 Å². The van der Waals surface area contributed by atoms with E-state index in [0.717, 1.165) is 12.1 Å². The third-order valence-corrected chi connectivity index (χ3v) is 4.40. The van der Waals surface area contributed by atoms with Gasteiger partial charge in [-0.3, -0.25) is 9.59 Å². The molecule has 1 aromatic carbocycles. The first-order valence-corrected chi connectivity index (χ1v) is 8.44. The highest BCUT2D eigenvalue weighted by molar-refractivity contribution is 6.04. The monoisotopic (exact) mass is 335 g/mol. The van der Waals surface area contributed by atoms with Crippen LogP contribution in [0.15, 0.2) is 24.3 Å². The number of nitrogens with zero attached hydrogens (tertiary/aromatic N) is 2. The molecule has 6 heteroatoms. The molecule has 1 heterocycles. The van der Waals surface area contributed by atoms with Gasteiger partial charge in [-0.1, -0.05) is 6.92 Å². The number of amides is 2. The highest BCUT2D eigenvalue weighted by atomic mass is 19.1. The van der Waals surface area contributed by atoms with Crippen molar-refractivity contribution in [3.8, 4) is 0 Å². The predicted molar refractivity (Wildman–Crippen MR) is 92.3 cm³/mol. The van der Waals surface area contributed by atoms with Gasteiger partial charge in [0, 0.05) is 38.4 Å². The van der Waals surface area contributed by atoms with Crippen LogP contribution in [-0.4, -0.2) is 49.4 Å².